The van der Waals surface area contributed by atoms with Gasteiger partial charge >= 0.3 is 11.9 Å². The van der Waals surface area contributed by atoms with Gasteiger partial charge in [0.2, 0.25) is 5.75 Å². The minimum absolute atomic E-state index is 0.0183. The van der Waals surface area contributed by atoms with E-state index in [0.29, 0.717) is 11.5 Å². The monoisotopic (exact) mass is 402 g/mol. The van der Waals surface area contributed by atoms with Crippen LogP contribution in [0, 0.1) is 10.1 Å². The van der Waals surface area contributed by atoms with Gasteiger partial charge in [-0.3, -0.25) is 15.3 Å². The molecule has 3 N–H and O–H groups in total. The largest absolute Gasteiger partial charge is 0.504 e. The molecule has 1 atom stereocenters. The zero-order valence-corrected chi connectivity index (χ0v) is 13.8. The lowest BCUT2D eigenvalue weighted by atomic mass is 9.98. The highest BCUT2D eigenvalue weighted by atomic mass is 32.1. The van der Waals surface area contributed by atoms with Gasteiger partial charge in [0.25, 0.3) is 0 Å². The summed E-state index contributed by atoms with van der Waals surface area (Å²) in [7, 11) is 0. The number of alkyl halides is 3. The summed E-state index contributed by atoms with van der Waals surface area (Å²) < 4.78 is 43.7. The molecule has 9 nitrogen and oxygen atoms in total. The number of nitro benzene ring substituents is 1. The Morgan fingerprint density at radius 2 is 2.00 bits per heavy atom. The Labute approximate surface area is 152 Å². The van der Waals surface area contributed by atoms with Crippen molar-refractivity contribution in [3.05, 3.63) is 45.5 Å². The number of hydroxylamine groups is 2. The lowest BCUT2D eigenvalue weighted by Crippen LogP contribution is -2.43. The quantitative estimate of drug-likeness (QED) is 0.405. The van der Waals surface area contributed by atoms with E-state index in [0.717, 1.165) is 24.4 Å². The highest BCUT2D eigenvalue weighted by molar-refractivity contribution is 7.07. The van der Waals surface area contributed by atoms with Crippen LogP contribution in [-0.2, 0) is 0 Å². The van der Waals surface area contributed by atoms with E-state index in [1.165, 1.54) is 6.08 Å². The van der Waals surface area contributed by atoms with E-state index in [9.17, 15) is 38.7 Å². The fraction of sp³-hybridized carbons (Fsp3) is 0.143. The predicted molar refractivity (Wildman–Crippen MR) is 85.9 cm³/mol. The first-order chi connectivity index (χ1) is 12.6. The van der Waals surface area contributed by atoms with Gasteiger partial charge in [0.15, 0.2) is 11.8 Å². The maximum atomic E-state index is 13.4. The van der Waals surface area contributed by atoms with Gasteiger partial charge in [-0.25, -0.2) is 5.06 Å². The number of nitro groups is 1. The molecule has 0 aliphatic carbocycles. The van der Waals surface area contributed by atoms with Gasteiger partial charge in [-0.1, -0.05) is 10.6 Å². The van der Waals surface area contributed by atoms with Crippen LogP contribution in [0.1, 0.15) is 4.88 Å². The van der Waals surface area contributed by atoms with Gasteiger partial charge in [0.1, 0.15) is 5.69 Å². The number of benzene rings is 1. The standard InChI is InChI=1S/C14H9F3N4O5S/c15-14(16,17)13-7(2-1-3-20(13)24)12-10(18-19-27-12)6-4-8(21(25)26)11(23)9(22)5-6/h1-5,13,22-24H. The molecule has 1 aromatic heterocycles. The van der Waals surface area contributed by atoms with Crippen molar-refractivity contribution < 1.29 is 33.5 Å². The summed E-state index contributed by atoms with van der Waals surface area (Å²) in [6, 6.07) is -0.626. The van der Waals surface area contributed by atoms with Crippen molar-refractivity contribution >= 4 is 22.8 Å². The molecule has 142 valence electrons. The van der Waals surface area contributed by atoms with Crippen LogP contribution in [0.15, 0.2) is 30.5 Å². The van der Waals surface area contributed by atoms with Crippen LogP contribution >= 0.6 is 11.5 Å². The van der Waals surface area contributed by atoms with Crippen molar-refractivity contribution in [3.63, 3.8) is 0 Å². The van der Waals surface area contributed by atoms with Crippen LogP contribution in [0.25, 0.3) is 16.8 Å². The van der Waals surface area contributed by atoms with E-state index >= 15 is 0 Å². The lowest BCUT2D eigenvalue weighted by Gasteiger charge is -2.30. The number of allylic oxidation sites excluding steroid dienone is 2. The summed E-state index contributed by atoms with van der Waals surface area (Å²) in [6.45, 7) is 0. The number of hydrogen-bond donors (Lipinski definition) is 3. The summed E-state index contributed by atoms with van der Waals surface area (Å²) in [5.74, 6) is -1.82. The Kier molecular flexibility index (Phi) is 4.49. The predicted octanol–water partition coefficient (Wildman–Crippen LogP) is 3.06. The number of aromatic hydroxyl groups is 2. The number of phenols is 2. The van der Waals surface area contributed by atoms with E-state index < -0.39 is 34.3 Å². The summed E-state index contributed by atoms with van der Waals surface area (Å²) >= 11 is 0.582. The molecular weight excluding hydrogens is 393 g/mol. The van der Waals surface area contributed by atoms with Crippen LogP contribution in [0.3, 0.4) is 0 Å². The molecule has 0 saturated carbocycles. The van der Waals surface area contributed by atoms with Crippen LogP contribution < -0.4 is 0 Å². The van der Waals surface area contributed by atoms with Crippen LogP contribution in [0.2, 0.25) is 0 Å². The van der Waals surface area contributed by atoms with Gasteiger partial charge in [-0.15, -0.1) is 5.10 Å². The molecule has 0 bridgehead atoms. The number of halogens is 3. The van der Waals surface area contributed by atoms with Crippen LogP contribution in [0.4, 0.5) is 18.9 Å². The molecule has 2 aromatic rings. The summed E-state index contributed by atoms with van der Waals surface area (Å²) in [4.78, 5) is 9.93. The van der Waals surface area contributed by atoms with Gasteiger partial charge in [-0.05, 0) is 23.7 Å². The van der Waals surface area contributed by atoms with Crippen molar-refractivity contribution in [1.82, 2.24) is 14.7 Å². The first-order valence-corrected chi connectivity index (χ1v) is 7.84. The number of phenolic OH excluding ortho intramolecular Hbond substituents is 2. The highest BCUT2D eigenvalue weighted by Crippen LogP contribution is 2.44. The van der Waals surface area contributed by atoms with Crippen molar-refractivity contribution in [1.29, 1.82) is 0 Å². The third-order valence-corrected chi connectivity index (χ3v) is 4.45. The van der Waals surface area contributed by atoms with Crippen molar-refractivity contribution in [3.8, 4) is 22.8 Å². The highest BCUT2D eigenvalue weighted by Gasteiger charge is 2.47. The second-order valence-corrected chi connectivity index (χ2v) is 6.11. The molecule has 1 aliphatic heterocycles. The Morgan fingerprint density at radius 1 is 1.30 bits per heavy atom. The molecule has 0 saturated heterocycles. The van der Waals surface area contributed by atoms with E-state index in [1.807, 2.05) is 0 Å². The van der Waals surface area contributed by atoms with Crippen molar-refractivity contribution in [2.45, 2.75) is 12.2 Å². The van der Waals surface area contributed by atoms with Gasteiger partial charge in [-0.2, -0.15) is 13.2 Å². The Morgan fingerprint density at radius 3 is 2.63 bits per heavy atom. The second-order valence-electron chi connectivity index (χ2n) is 5.36. The first kappa shape index (κ1) is 18.6. The van der Waals surface area contributed by atoms with Crippen LogP contribution in [0.5, 0.6) is 11.5 Å². The Hall–Kier alpha value is -3.19. The molecular formula is C14H9F3N4O5S. The molecule has 1 aromatic carbocycles. The molecule has 3 rings (SSSR count). The molecule has 13 heteroatoms. The molecule has 27 heavy (non-hydrogen) atoms. The SMILES string of the molecule is O=[N+]([O-])c1cc(-c2nnsc2C2=CC=CN(O)C2C(F)(F)F)cc(O)c1O. The average molecular weight is 402 g/mol. The third-order valence-electron chi connectivity index (χ3n) is 3.67. The molecule has 2 heterocycles. The minimum atomic E-state index is -4.84. The summed E-state index contributed by atoms with van der Waals surface area (Å²) in [6.07, 6.45) is -1.72. The molecule has 0 radical (unpaired) electrons. The summed E-state index contributed by atoms with van der Waals surface area (Å²) in [5.41, 5.74) is -1.53. The topological polar surface area (TPSA) is 133 Å². The Balaban J connectivity index is 2.16. The van der Waals surface area contributed by atoms with E-state index in [1.54, 1.807) is 0 Å². The number of rotatable bonds is 3. The van der Waals surface area contributed by atoms with Crippen molar-refractivity contribution in [2.24, 2.45) is 0 Å². The third kappa shape index (κ3) is 3.29. The second kappa shape index (κ2) is 6.51. The fourth-order valence-electron chi connectivity index (χ4n) is 2.53. The normalized spacial score (nSPS) is 17.1. The molecule has 1 aliphatic rings. The van der Waals surface area contributed by atoms with Gasteiger partial charge < -0.3 is 10.2 Å². The lowest BCUT2D eigenvalue weighted by molar-refractivity contribution is -0.385. The summed E-state index contributed by atoms with van der Waals surface area (Å²) in [5, 5.41) is 43.6. The molecule has 1 unspecified atom stereocenters. The number of nitrogens with zero attached hydrogens (tertiary/aromatic N) is 4. The Bertz CT molecular complexity index is 972. The number of hydrogen-bond acceptors (Lipinski definition) is 9. The zero-order chi connectivity index (χ0) is 19.9. The maximum absolute atomic E-state index is 13.4. The van der Waals surface area contributed by atoms with Gasteiger partial charge in [0, 0.05) is 23.4 Å². The van der Waals surface area contributed by atoms with E-state index in [-0.39, 0.29) is 26.8 Å². The first-order valence-electron chi connectivity index (χ1n) is 7.07. The van der Waals surface area contributed by atoms with Crippen molar-refractivity contribution in [2.75, 3.05) is 0 Å². The average Bonchev–Trinajstić information content (AvgIpc) is 3.05. The maximum Gasteiger partial charge on any atom is 0.415 e. The smallest absolute Gasteiger partial charge is 0.415 e. The minimum Gasteiger partial charge on any atom is -0.504 e. The molecule has 0 amide bonds. The van der Waals surface area contributed by atoms with E-state index in [4.69, 9.17) is 0 Å². The van der Waals surface area contributed by atoms with E-state index in [2.05, 4.69) is 9.59 Å². The van der Waals surface area contributed by atoms with Crippen LogP contribution in [-0.4, -0.2) is 47.2 Å². The number of aromatic nitrogens is 2. The van der Waals surface area contributed by atoms with Gasteiger partial charge in [0.05, 0.1) is 9.80 Å². The zero-order valence-electron chi connectivity index (χ0n) is 13.0. The fourth-order valence-corrected chi connectivity index (χ4v) is 3.26. The molecule has 0 fully saturated rings. The molecule has 0 spiro atoms.